The SMILES string of the molecule is Cc1ccccc1C(=O)NN1C(=O)C(=C2C(=O)N(Cc3ccccc3)c3ccccc32)SC1=S. The van der Waals surface area contributed by atoms with Gasteiger partial charge in [-0.05, 0) is 42.4 Å². The van der Waals surface area contributed by atoms with E-state index in [0.29, 0.717) is 23.2 Å². The molecule has 0 atom stereocenters. The van der Waals surface area contributed by atoms with Gasteiger partial charge in [0.1, 0.15) is 0 Å². The van der Waals surface area contributed by atoms with Crippen LogP contribution in [0.2, 0.25) is 0 Å². The number of fused-ring (bicyclic) bond motifs is 1. The molecule has 0 aromatic heterocycles. The average Bonchev–Trinajstić information content (AvgIpc) is 3.27. The minimum atomic E-state index is -0.517. The number of hydrogen-bond donors (Lipinski definition) is 1. The monoisotopic (exact) mass is 485 g/mol. The van der Waals surface area contributed by atoms with Gasteiger partial charge in [0.05, 0.1) is 22.7 Å². The first-order chi connectivity index (χ1) is 16.5. The number of rotatable bonds is 4. The van der Waals surface area contributed by atoms with Crippen LogP contribution in [0.1, 0.15) is 27.0 Å². The molecule has 0 bridgehead atoms. The molecule has 34 heavy (non-hydrogen) atoms. The topological polar surface area (TPSA) is 69.7 Å². The fourth-order valence-electron chi connectivity index (χ4n) is 4.03. The van der Waals surface area contributed by atoms with Crippen molar-refractivity contribution in [3.63, 3.8) is 0 Å². The van der Waals surface area contributed by atoms with E-state index >= 15 is 0 Å². The molecule has 5 rings (SSSR count). The van der Waals surface area contributed by atoms with Gasteiger partial charge in [-0.25, -0.2) is 0 Å². The standard InChI is InChI=1S/C26H19N3O3S2/c1-16-9-5-6-12-18(16)23(30)27-29-25(32)22(34-26(29)33)21-19-13-7-8-14-20(19)28(24(21)31)15-17-10-3-2-4-11-17/h2-14H,15H2,1H3,(H,27,30). The third-order valence-electron chi connectivity index (χ3n) is 5.71. The Kier molecular flexibility index (Phi) is 5.77. The first-order valence-electron chi connectivity index (χ1n) is 10.6. The minimum Gasteiger partial charge on any atom is -0.303 e. The summed E-state index contributed by atoms with van der Waals surface area (Å²) in [4.78, 5) is 41.6. The van der Waals surface area contributed by atoms with E-state index in [9.17, 15) is 14.4 Å². The minimum absolute atomic E-state index is 0.168. The van der Waals surface area contributed by atoms with E-state index < -0.39 is 11.8 Å². The van der Waals surface area contributed by atoms with Crippen LogP contribution < -0.4 is 10.3 Å². The summed E-state index contributed by atoms with van der Waals surface area (Å²) in [6, 6.07) is 24.1. The zero-order valence-corrected chi connectivity index (χ0v) is 19.8. The summed E-state index contributed by atoms with van der Waals surface area (Å²) < 4.78 is 0.168. The number of nitrogens with zero attached hydrogens (tertiary/aromatic N) is 2. The van der Waals surface area contributed by atoms with Crippen LogP contribution in [0.3, 0.4) is 0 Å². The Morgan fingerprint density at radius 2 is 1.59 bits per heavy atom. The molecule has 0 radical (unpaired) electrons. The van der Waals surface area contributed by atoms with Crippen molar-refractivity contribution in [2.75, 3.05) is 4.90 Å². The molecule has 1 fully saturated rings. The van der Waals surface area contributed by atoms with Crippen LogP contribution in [0.5, 0.6) is 0 Å². The normalized spacial score (nSPS) is 17.4. The lowest BCUT2D eigenvalue weighted by Gasteiger charge is -2.17. The third-order valence-corrected chi connectivity index (χ3v) is 7.08. The lowest BCUT2D eigenvalue weighted by atomic mass is 10.1. The summed E-state index contributed by atoms with van der Waals surface area (Å²) in [7, 11) is 0. The highest BCUT2D eigenvalue weighted by atomic mass is 32.2. The van der Waals surface area contributed by atoms with Gasteiger partial charge in [0.15, 0.2) is 4.32 Å². The number of thiocarbonyl (C=S) groups is 1. The van der Waals surface area contributed by atoms with Gasteiger partial charge in [0, 0.05) is 11.1 Å². The van der Waals surface area contributed by atoms with E-state index in [1.165, 1.54) is 0 Å². The molecule has 3 aromatic carbocycles. The van der Waals surface area contributed by atoms with Gasteiger partial charge in [-0.1, -0.05) is 78.5 Å². The van der Waals surface area contributed by atoms with E-state index in [-0.39, 0.29) is 15.1 Å². The molecule has 1 saturated heterocycles. The number of benzene rings is 3. The Morgan fingerprint density at radius 3 is 2.35 bits per heavy atom. The number of aryl methyl sites for hydroxylation is 1. The van der Waals surface area contributed by atoms with Crippen LogP contribution in [0.15, 0.2) is 83.8 Å². The lowest BCUT2D eigenvalue weighted by molar-refractivity contribution is -0.124. The molecule has 0 saturated carbocycles. The fourth-order valence-corrected chi connectivity index (χ4v) is 5.28. The van der Waals surface area contributed by atoms with E-state index in [4.69, 9.17) is 12.2 Å². The number of carbonyl (C=O) groups excluding carboxylic acids is 3. The van der Waals surface area contributed by atoms with Gasteiger partial charge in [-0.15, -0.1) is 0 Å². The van der Waals surface area contributed by atoms with E-state index in [0.717, 1.165) is 33.6 Å². The summed E-state index contributed by atoms with van der Waals surface area (Å²) in [6.45, 7) is 2.20. The maximum absolute atomic E-state index is 13.6. The van der Waals surface area contributed by atoms with Crippen molar-refractivity contribution in [3.8, 4) is 0 Å². The van der Waals surface area contributed by atoms with Crippen molar-refractivity contribution in [1.29, 1.82) is 0 Å². The van der Waals surface area contributed by atoms with Crippen LogP contribution in [-0.4, -0.2) is 27.1 Å². The largest absolute Gasteiger partial charge is 0.303 e. The van der Waals surface area contributed by atoms with Crippen LogP contribution in [0.4, 0.5) is 5.69 Å². The molecule has 2 aliphatic rings. The van der Waals surface area contributed by atoms with Gasteiger partial charge in [0.25, 0.3) is 17.7 Å². The van der Waals surface area contributed by atoms with Crippen LogP contribution in [0, 0.1) is 6.92 Å². The van der Waals surface area contributed by atoms with E-state index in [2.05, 4.69) is 5.43 Å². The number of hydrazine groups is 1. The maximum Gasteiger partial charge on any atom is 0.286 e. The summed E-state index contributed by atoms with van der Waals surface area (Å²) in [6.07, 6.45) is 0. The smallest absolute Gasteiger partial charge is 0.286 e. The number of amides is 3. The zero-order chi connectivity index (χ0) is 23.8. The van der Waals surface area contributed by atoms with Crippen LogP contribution in [0.25, 0.3) is 5.57 Å². The second kappa shape index (κ2) is 8.89. The Hall–Kier alpha value is -3.75. The second-order valence-electron chi connectivity index (χ2n) is 7.86. The number of hydrogen-bond acceptors (Lipinski definition) is 5. The maximum atomic E-state index is 13.6. The Bertz CT molecular complexity index is 1380. The van der Waals surface area contributed by atoms with Gasteiger partial charge < -0.3 is 4.90 Å². The molecule has 2 aliphatic heterocycles. The summed E-state index contributed by atoms with van der Waals surface area (Å²) in [5.74, 6) is -1.23. The van der Waals surface area contributed by atoms with E-state index in [1.807, 2.05) is 73.7 Å². The molecule has 8 heteroatoms. The van der Waals surface area contributed by atoms with Gasteiger partial charge in [0.2, 0.25) is 0 Å². The lowest BCUT2D eigenvalue weighted by Crippen LogP contribution is -2.45. The predicted molar refractivity (Wildman–Crippen MR) is 137 cm³/mol. The molecule has 0 aliphatic carbocycles. The summed E-state index contributed by atoms with van der Waals surface area (Å²) in [5, 5.41) is 1.05. The number of para-hydroxylation sites is 1. The molecular weight excluding hydrogens is 466 g/mol. The molecule has 6 nitrogen and oxygen atoms in total. The number of thioether (sulfide) groups is 1. The molecule has 0 spiro atoms. The Morgan fingerprint density at radius 1 is 0.912 bits per heavy atom. The van der Waals surface area contributed by atoms with Crippen molar-refractivity contribution >= 4 is 57.3 Å². The molecule has 168 valence electrons. The summed E-state index contributed by atoms with van der Waals surface area (Å²) in [5.41, 5.74) is 6.52. The molecule has 1 N–H and O–H groups in total. The highest BCUT2D eigenvalue weighted by molar-refractivity contribution is 8.26. The van der Waals surface area contributed by atoms with Crippen molar-refractivity contribution in [1.82, 2.24) is 10.4 Å². The molecule has 2 heterocycles. The molecule has 0 unspecified atom stereocenters. The van der Waals surface area contributed by atoms with Crippen molar-refractivity contribution < 1.29 is 14.4 Å². The average molecular weight is 486 g/mol. The zero-order valence-electron chi connectivity index (χ0n) is 18.1. The third kappa shape index (κ3) is 3.81. The fraction of sp³-hybridized carbons (Fsp3) is 0.0769. The number of nitrogens with one attached hydrogen (secondary N) is 1. The first kappa shape index (κ1) is 22.1. The molecule has 3 aromatic rings. The second-order valence-corrected chi connectivity index (χ2v) is 9.51. The first-order valence-corrected chi connectivity index (χ1v) is 11.8. The van der Waals surface area contributed by atoms with Crippen molar-refractivity contribution in [2.24, 2.45) is 0 Å². The van der Waals surface area contributed by atoms with Gasteiger partial charge in [-0.2, -0.15) is 5.01 Å². The van der Waals surface area contributed by atoms with Crippen LogP contribution >= 0.6 is 24.0 Å². The van der Waals surface area contributed by atoms with Crippen LogP contribution in [-0.2, 0) is 16.1 Å². The highest BCUT2D eigenvalue weighted by Crippen LogP contribution is 2.44. The quantitative estimate of drug-likeness (QED) is 0.437. The van der Waals surface area contributed by atoms with E-state index in [1.54, 1.807) is 17.0 Å². The number of carbonyl (C=O) groups is 3. The highest BCUT2D eigenvalue weighted by Gasteiger charge is 2.42. The van der Waals surface area contributed by atoms with Gasteiger partial charge >= 0.3 is 0 Å². The molecular formula is C26H19N3O3S2. The Balaban J connectivity index is 1.48. The van der Waals surface area contributed by atoms with Gasteiger partial charge in [-0.3, -0.25) is 19.8 Å². The predicted octanol–water partition coefficient (Wildman–Crippen LogP) is 4.46. The van der Waals surface area contributed by atoms with Crippen molar-refractivity contribution in [3.05, 3.63) is 106 Å². The summed E-state index contributed by atoms with van der Waals surface area (Å²) >= 11 is 6.42. The molecule has 3 amide bonds. The number of anilines is 1. The Labute approximate surface area is 206 Å². The van der Waals surface area contributed by atoms with Crippen molar-refractivity contribution in [2.45, 2.75) is 13.5 Å².